The van der Waals surface area contributed by atoms with Crippen LogP contribution in [0.1, 0.15) is 24.2 Å². The number of hydrogen-bond donors (Lipinski definition) is 1. The molecule has 1 rings (SSSR count). The van der Waals surface area contributed by atoms with Crippen molar-refractivity contribution in [3.63, 3.8) is 0 Å². The van der Waals surface area contributed by atoms with Gasteiger partial charge in [-0.3, -0.25) is 4.79 Å². The van der Waals surface area contributed by atoms with Gasteiger partial charge in [-0.15, -0.1) is 0 Å². The van der Waals surface area contributed by atoms with Crippen LogP contribution < -0.4 is 9.47 Å². The average Bonchev–Trinajstić information content (AvgIpc) is 2.38. The third-order valence-electron chi connectivity index (χ3n) is 3.01. The summed E-state index contributed by atoms with van der Waals surface area (Å²) in [6.07, 6.45) is 0. The van der Waals surface area contributed by atoms with Crippen molar-refractivity contribution in [2.24, 2.45) is 11.8 Å². The highest BCUT2D eigenvalue weighted by Gasteiger charge is 2.25. The van der Waals surface area contributed by atoms with E-state index >= 15 is 0 Å². The molecule has 4 heteroatoms. The second-order valence-corrected chi connectivity index (χ2v) is 4.46. The molecule has 0 aliphatic carbocycles. The lowest BCUT2D eigenvalue weighted by atomic mass is 9.88. The molecule has 4 nitrogen and oxygen atoms in total. The molecule has 1 aromatic carbocycles. The van der Waals surface area contributed by atoms with Crippen LogP contribution in [0.2, 0.25) is 0 Å². The molecule has 1 unspecified atom stereocenters. The van der Waals surface area contributed by atoms with Gasteiger partial charge < -0.3 is 14.6 Å². The van der Waals surface area contributed by atoms with Crippen LogP contribution in [-0.4, -0.2) is 31.7 Å². The van der Waals surface area contributed by atoms with E-state index in [1.807, 2.05) is 13.8 Å². The second-order valence-electron chi connectivity index (χ2n) is 4.46. The highest BCUT2D eigenvalue weighted by molar-refractivity contribution is 6.00. The summed E-state index contributed by atoms with van der Waals surface area (Å²) >= 11 is 0. The van der Waals surface area contributed by atoms with Gasteiger partial charge in [-0.25, -0.2) is 0 Å². The fourth-order valence-corrected chi connectivity index (χ4v) is 1.80. The monoisotopic (exact) mass is 252 g/mol. The maximum absolute atomic E-state index is 12.3. The van der Waals surface area contributed by atoms with Gasteiger partial charge in [0.05, 0.1) is 26.4 Å². The number of aliphatic hydroxyl groups is 1. The Morgan fingerprint density at radius 2 is 1.94 bits per heavy atom. The van der Waals surface area contributed by atoms with Crippen LogP contribution in [-0.2, 0) is 0 Å². The molecule has 0 radical (unpaired) electrons. The summed E-state index contributed by atoms with van der Waals surface area (Å²) in [6, 6.07) is 5.05. The van der Waals surface area contributed by atoms with Gasteiger partial charge in [0.25, 0.3) is 0 Å². The van der Waals surface area contributed by atoms with E-state index in [0.29, 0.717) is 17.1 Å². The van der Waals surface area contributed by atoms with Gasteiger partial charge in [0.15, 0.2) is 5.78 Å². The van der Waals surface area contributed by atoms with Gasteiger partial charge in [0.1, 0.15) is 11.5 Å². The Morgan fingerprint density at radius 1 is 1.28 bits per heavy atom. The normalized spacial score (nSPS) is 12.3. The lowest BCUT2D eigenvalue weighted by Gasteiger charge is -2.18. The number of aliphatic hydroxyl groups excluding tert-OH is 1. The van der Waals surface area contributed by atoms with Crippen LogP contribution in [0.15, 0.2) is 18.2 Å². The molecule has 0 aliphatic rings. The molecule has 0 bridgehead atoms. The second kappa shape index (κ2) is 6.40. The van der Waals surface area contributed by atoms with Crippen molar-refractivity contribution < 1.29 is 19.4 Å². The lowest BCUT2D eigenvalue weighted by molar-refractivity contribution is 0.0803. The first-order chi connectivity index (χ1) is 8.54. The summed E-state index contributed by atoms with van der Waals surface area (Å²) in [6.45, 7) is 3.66. The Hall–Kier alpha value is -1.55. The van der Waals surface area contributed by atoms with Gasteiger partial charge in [-0.05, 0) is 18.1 Å². The molecular weight excluding hydrogens is 232 g/mol. The number of carbonyl (C=O) groups is 1. The Bertz CT molecular complexity index is 412. The van der Waals surface area contributed by atoms with E-state index in [2.05, 4.69) is 0 Å². The zero-order valence-corrected chi connectivity index (χ0v) is 11.3. The van der Waals surface area contributed by atoms with Gasteiger partial charge >= 0.3 is 0 Å². The Labute approximate surface area is 108 Å². The zero-order chi connectivity index (χ0) is 13.7. The summed E-state index contributed by atoms with van der Waals surface area (Å²) in [4.78, 5) is 12.3. The standard InChI is InChI=1S/C14H20O4/c1-9(2)12(8-15)14(16)11-6-5-10(17-3)7-13(11)18-4/h5-7,9,12,15H,8H2,1-4H3. The van der Waals surface area contributed by atoms with Crippen LogP contribution in [0.25, 0.3) is 0 Å². The fraction of sp³-hybridized carbons (Fsp3) is 0.500. The molecule has 0 aliphatic heterocycles. The van der Waals surface area contributed by atoms with Crippen molar-refractivity contribution in [2.45, 2.75) is 13.8 Å². The molecule has 1 aromatic rings. The van der Waals surface area contributed by atoms with Crippen molar-refractivity contribution in [2.75, 3.05) is 20.8 Å². The number of methoxy groups -OCH3 is 2. The summed E-state index contributed by atoms with van der Waals surface area (Å²) in [5.41, 5.74) is 0.478. The third kappa shape index (κ3) is 3.01. The van der Waals surface area contributed by atoms with E-state index in [1.54, 1.807) is 25.3 Å². The topological polar surface area (TPSA) is 55.8 Å². The Morgan fingerprint density at radius 3 is 2.39 bits per heavy atom. The summed E-state index contributed by atoms with van der Waals surface area (Å²) in [5.74, 6) is 0.667. The first-order valence-electron chi connectivity index (χ1n) is 5.92. The van der Waals surface area contributed by atoms with Gasteiger partial charge in [-0.2, -0.15) is 0 Å². The zero-order valence-electron chi connectivity index (χ0n) is 11.3. The fourth-order valence-electron chi connectivity index (χ4n) is 1.80. The quantitative estimate of drug-likeness (QED) is 0.788. The predicted molar refractivity (Wildman–Crippen MR) is 69.3 cm³/mol. The van der Waals surface area contributed by atoms with Gasteiger partial charge in [0, 0.05) is 12.0 Å². The predicted octanol–water partition coefficient (Wildman–Crippen LogP) is 2.15. The minimum atomic E-state index is -0.410. The first-order valence-corrected chi connectivity index (χ1v) is 5.92. The molecule has 0 amide bonds. The van der Waals surface area contributed by atoms with E-state index in [0.717, 1.165) is 0 Å². The number of hydrogen-bond acceptors (Lipinski definition) is 4. The van der Waals surface area contributed by atoms with Gasteiger partial charge in [0.2, 0.25) is 0 Å². The van der Waals surface area contributed by atoms with Crippen LogP contribution >= 0.6 is 0 Å². The average molecular weight is 252 g/mol. The van der Waals surface area contributed by atoms with Crippen LogP contribution in [0, 0.1) is 11.8 Å². The van der Waals surface area contributed by atoms with Crippen molar-refractivity contribution >= 4 is 5.78 Å². The molecule has 0 heterocycles. The number of Topliss-reactive ketones (excluding diaryl/α,β-unsaturated/α-hetero) is 1. The minimum Gasteiger partial charge on any atom is -0.497 e. The number of carbonyl (C=O) groups excluding carboxylic acids is 1. The van der Waals surface area contributed by atoms with E-state index in [-0.39, 0.29) is 18.3 Å². The third-order valence-corrected chi connectivity index (χ3v) is 3.01. The smallest absolute Gasteiger partial charge is 0.172 e. The molecule has 0 saturated carbocycles. The summed E-state index contributed by atoms with van der Waals surface area (Å²) in [7, 11) is 3.07. The largest absolute Gasteiger partial charge is 0.497 e. The van der Waals surface area contributed by atoms with Crippen molar-refractivity contribution in [3.05, 3.63) is 23.8 Å². The number of rotatable bonds is 6. The highest BCUT2D eigenvalue weighted by Crippen LogP contribution is 2.28. The van der Waals surface area contributed by atoms with E-state index in [1.165, 1.54) is 7.11 Å². The molecule has 100 valence electrons. The molecular formula is C14H20O4. The summed E-state index contributed by atoms with van der Waals surface area (Å²) < 4.78 is 10.3. The number of ketones is 1. The van der Waals surface area contributed by atoms with Gasteiger partial charge in [-0.1, -0.05) is 13.8 Å². The van der Waals surface area contributed by atoms with E-state index in [9.17, 15) is 9.90 Å². The maximum Gasteiger partial charge on any atom is 0.172 e. The van der Waals surface area contributed by atoms with E-state index < -0.39 is 5.92 Å². The molecule has 18 heavy (non-hydrogen) atoms. The van der Waals surface area contributed by atoms with Crippen LogP contribution in [0.4, 0.5) is 0 Å². The van der Waals surface area contributed by atoms with Crippen molar-refractivity contribution in [1.29, 1.82) is 0 Å². The molecule has 0 aromatic heterocycles. The van der Waals surface area contributed by atoms with Crippen molar-refractivity contribution in [1.82, 2.24) is 0 Å². The van der Waals surface area contributed by atoms with E-state index in [4.69, 9.17) is 9.47 Å². The number of ether oxygens (including phenoxy) is 2. The minimum absolute atomic E-state index is 0.0781. The first kappa shape index (κ1) is 14.5. The summed E-state index contributed by atoms with van der Waals surface area (Å²) in [5, 5.41) is 9.31. The SMILES string of the molecule is COc1ccc(C(=O)C(CO)C(C)C)c(OC)c1. The van der Waals surface area contributed by atoms with Crippen LogP contribution in [0.3, 0.4) is 0 Å². The molecule has 0 fully saturated rings. The molecule has 0 spiro atoms. The lowest BCUT2D eigenvalue weighted by Crippen LogP contribution is -2.24. The highest BCUT2D eigenvalue weighted by atomic mass is 16.5. The van der Waals surface area contributed by atoms with Crippen LogP contribution in [0.5, 0.6) is 11.5 Å². The molecule has 0 saturated heterocycles. The molecule has 1 atom stereocenters. The Kier molecular flexibility index (Phi) is 5.16. The maximum atomic E-state index is 12.3. The molecule has 1 N–H and O–H groups in total. The Balaban J connectivity index is 3.12. The number of benzene rings is 1. The van der Waals surface area contributed by atoms with Crippen molar-refractivity contribution in [3.8, 4) is 11.5 Å².